The maximum atomic E-state index is 13.1. The summed E-state index contributed by atoms with van der Waals surface area (Å²) >= 11 is 0. The quantitative estimate of drug-likeness (QED) is 0.590. The molecule has 17 heavy (non-hydrogen) atoms. The fraction of sp³-hybridized carbons (Fsp3) is 0.400. The molecule has 0 heterocycles. The van der Waals surface area contributed by atoms with Crippen molar-refractivity contribution in [1.82, 2.24) is 0 Å². The first kappa shape index (κ1) is 13.8. The maximum Gasteiger partial charge on any atom is 0.512 e. The van der Waals surface area contributed by atoms with Gasteiger partial charge in [-0.1, -0.05) is 11.5 Å². The summed E-state index contributed by atoms with van der Waals surface area (Å²) in [4.78, 5) is 0. The maximum absolute atomic E-state index is 13.1. The first-order valence-electron chi connectivity index (χ1n) is 4.99. The van der Waals surface area contributed by atoms with Crippen LogP contribution in [0.1, 0.15) is 6.92 Å². The molecule has 0 bridgehead atoms. The number of hydrogen-bond donors (Lipinski definition) is 0. The molecule has 0 saturated carbocycles. The number of halogens is 4. The van der Waals surface area contributed by atoms with Crippen molar-refractivity contribution in [3.05, 3.63) is 24.0 Å². The molecule has 0 aromatic heterocycles. The highest BCUT2D eigenvalue weighted by atomic mass is 19.4. The lowest BCUT2D eigenvalue weighted by molar-refractivity contribution is 0.0715. The topological polar surface area (TPSA) is 18.5 Å². The number of hydrogen-bond acceptors (Lipinski definition) is 2. The van der Waals surface area contributed by atoms with Crippen molar-refractivity contribution in [2.45, 2.75) is 13.0 Å². The molecule has 7 heteroatoms. The van der Waals surface area contributed by atoms with Crippen LogP contribution in [0.15, 0.2) is 18.2 Å². The fourth-order valence-corrected chi connectivity index (χ4v) is 1.14. The van der Waals surface area contributed by atoms with Crippen molar-refractivity contribution in [2.75, 3.05) is 13.7 Å². The molecule has 2 nitrogen and oxygen atoms in total. The molecule has 0 amide bonds. The molecule has 1 rings (SSSR count). The van der Waals surface area contributed by atoms with Gasteiger partial charge < -0.3 is 22.4 Å². The van der Waals surface area contributed by atoms with Gasteiger partial charge in [-0.15, -0.1) is 0 Å². The van der Waals surface area contributed by atoms with Gasteiger partial charge in [0, 0.05) is 13.2 Å². The Hall–Kier alpha value is -1.24. The average molecular weight is 251 g/mol. The van der Waals surface area contributed by atoms with Gasteiger partial charge in [0.1, 0.15) is 12.4 Å². The molecule has 96 valence electrons. The lowest BCUT2D eigenvalue weighted by Crippen LogP contribution is -2.36. The van der Waals surface area contributed by atoms with Crippen LogP contribution in [0.25, 0.3) is 0 Å². The Morgan fingerprint density at radius 3 is 2.41 bits per heavy atom. The molecule has 0 aliphatic rings. The summed E-state index contributed by atoms with van der Waals surface area (Å²) in [5.74, 6) is -1.27. The van der Waals surface area contributed by atoms with Gasteiger partial charge in [-0.25, -0.2) is 4.39 Å². The van der Waals surface area contributed by atoms with Crippen molar-refractivity contribution in [3.63, 3.8) is 0 Å². The highest BCUT2D eigenvalue weighted by Gasteiger charge is 2.28. The van der Waals surface area contributed by atoms with E-state index in [1.54, 1.807) is 6.92 Å². The van der Waals surface area contributed by atoms with Gasteiger partial charge in [-0.05, 0) is 13.0 Å². The lowest BCUT2D eigenvalue weighted by Gasteiger charge is -2.17. The van der Waals surface area contributed by atoms with Crippen molar-refractivity contribution in [2.24, 2.45) is 0 Å². The molecule has 1 unspecified atom stereocenters. The lowest BCUT2D eigenvalue weighted by atomic mass is 9.80. The number of methoxy groups -OCH3 is 1. The Morgan fingerprint density at radius 2 is 1.94 bits per heavy atom. The van der Waals surface area contributed by atoms with Crippen LogP contribution in [0.3, 0.4) is 0 Å². The predicted molar refractivity (Wildman–Crippen MR) is 57.1 cm³/mol. The van der Waals surface area contributed by atoms with Gasteiger partial charge in [-0.3, -0.25) is 0 Å². The third-order valence-electron chi connectivity index (χ3n) is 2.21. The Morgan fingerprint density at radius 1 is 1.29 bits per heavy atom. The number of ether oxygens (including phenoxy) is 2. The van der Waals surface area contributed by atoms with Crippen LogP contribution >= 0.6 is 0 Å². The van der Waals surface area contributed by atoms with Crippen LogP contribution in [-0.2, 0) is 4.74 Å². The molecular formula is C10H12BF4O2-. The average Bonchev–Trinajstić information content (AvgIpc) is 2.24. The molecule has 0 aliphatic carbocycles. The summed E-state index contributed by atoms with van der Waals surface area (Å²) in [6, 6.07) is 2.51. The van der Waals surface area contributed by atoms with Crippen molar-refractivity contribution in [3.8, 4) is 5.75 Å². The second-order valence-corrected chi connectivity index (χ2v) is 3.62. The normalized spacial score (nSPS) is 13.5. The van der Waals surface area contributed by atoms with Gasteiger partial charge in [0.25, 0.3) is 0 Å². The van der Waals surface area contributed by atoms with Crippen molar-refractivity contribution in [1.29, 1.82) is 0 Å². The monoisotopic (exact) mass is 251 g/mol. The van der Waals surface area contributed by atoms with E-state index in [0.717, 1.165) is 12.1 Å². The van der Waals surface area contributed by atoms with E-state index in [0.29, 0.717) is 6.07 Å². The zero-order valence-electron chi connectivity index (χ0n) is 9.42. The highest BCUT2D eigenvalue weighted by molar-refractivity contribution is 6.73. The standard InChI is InChI=1S/C10H12BF4O2/c1-7(16-2)6-17-8-3-4-9(10(12)5-8)11(13,14)15/h3-5,7H,6H2,1-2H3/q-1. The summed E-state index contributed by atoms with van der Waals surface area (Å²) in [5.41, 5.74) is -1.24. The van der Waals surface area contributed by atoms with E-state index in [1.807, 2.05) is 0 Å². The minimum Gasteiger partial charge on any atom is -0.491 e. The van der Waals surface area contributed by atoms with E-state index < -0.39 is 18.3 Å². The van der Waals surface area contributed by atoms with Crippen LogP contribution in [0.4, 0.5) is 17.3 Å². The molecule has 0 fully saturated rings. The summed E-state index contributed by atoms with van der Waals surface area (Å²) in [5, 5.41) is 0. The third kappa shape index (κ3) is 3.92. The van der Waals surface area contributed by atoms with Gasteiger partial charge in [0.2, 0.25) is 0 Å². The first-order chi connectivity index (χ1) is 7.84. The van der Waals surface area contributed by atoms with E-state index in [2.05, 4.69) is 0 Å². The van der Waals surface area contributed by atoms with Crippen molar-refractivity contribution >= 4 is 12.4 Å². The van der Waals surface area contributed by atoms with Crippen LogP contribution in [-0.4, -0.2) is 26.8 Å². The van der Waals surface area contributed by atoms with E-state index >= 15 is 0 Å². The molecule has 0 saturated heterocycles. The van der Waals surface area contributed by atoms with Gasteiger partial charge in [0.05, 0.1) is 11.9 Å². The summed E-state index contributed by atoms with van der Waals surface area (Å²) in [7, 11) is 1.48. The van der Waals surface area contributed by atoms with Crippen LogP contribution in [0.2, 0.25) is 0 Å². The Balaban J connectivity index is 2.76. The summed E-state index contributed by atoms with van der Waals surface area (Å²) < 4.78 is 60.0. The largest absolute Gasteiger partial charge is 0.512 e. The van der Waals surface area contributed by atoms with E-state index in [4.69, 9.17) is 9.47 Å². The zero-order valence-corrected chi connectivity index (χ0v) is 9.42. The zero-order chi connectivity index (χ0) is 13.1. The minimum atomic E-state index is -5.33. The number of benzene rings is 1. The van der Waals surface area contributed by atoms with E-state index in [1.165, 1.54) is 7.11 Å². The molecule has 0 spiro atoms. The van der Waals surface area contributed by atoms with Gasteiger partial charge in [0.15, 0.2) is 0 Å². The summed E-state index contributed by atoms with van der Waals surface area (Å²) in [6.07, 6.45) is -0.218. The van der Waals surface area contributed by atoms with E-state index in [-0.39, 0.29) is 18.5 Å². The van der Waals surface area contributed by atoms with E-state index in [9.17, 15) is 17.3 Å². The van der Waals surface area contributed by atoms with Crippen molar-refractivity contribution < 1.29 is 26.8 Å². The smallest absolute Gasteiger partial charge is 0.491 e. The Bertz CT molecular complexity index is 381. The molecule has 1 aromatic rings. The fourth-order valence-electron chi connectivity index (χ4n) is 1.14. The van der Waals surface area contributed by atoms with Crippen LogP contribution in [0.5, 0.6) is 5.75 Å². The second kappa shape index (κ2) is 5.40. The van der Waals surface area contributed by atoms with Gasteiger partial charge >= 0.3 is 6.98 Å². The molecule has 0 N–H and O–H groups in total. The highest BCUT2D eigenvalue weighted by Crippen LogP contribution is 2.17. The Labute approximate surface area is 96.6 Å². The molecule has 1 aromatic carbocycles. The Kier molecular flexibility index (Phi) is 4.39. The minimum absolute atomic E-state index is 0.0511. The van der Waals surface area contributed by atoms with Gasteiger partial charge in [-0.2, -0.15) is 0 Å². The third-order valence-corrected chi connectivity index (χ3v) is 2.21. The molecule has 1 atom stereocenters. The summed E-state index contributed by atoms with van der Waals surface area (Å²) in [6.45, 7) is -3.46. The van der Waals surface area contributed by atoms with Crippen LogP contribution in [0, 0.1) is 5.82 Å². The SMILES string of the molecule is COC(C)COc1ccc([B-](F)(F)F)c(F)c1. The van der Waals surface area contributed by atoms with Crippen LogP contribution < -0.4 is 10.2 Å². The second-order valence-electron chi connectivity index (χ2n) is 3.62. The first-order valence-corrected chi connectivity index (χ1v) is 4.99. The number of rotatable bonds is 5. The molecule has 0 radical (unpaired) electrons. The molecule has 0 aliphatic heterocycles. The molecular weight excluding hydrogens is 239 g/mol. The predicted octanol–water partition coefficient (Wildman–Crippen LogP) is 2.29.